The fraction of sp³-hybridized carbons (Fsp3) is 0.353. The minimum absolute atomic E-state index is 0.146. The Morgan fingerprint density at radius 3 is 2.45 bits per heavy atom. The average molecular weight is 303 g/mol. The number of ether oxygens (including phenoxy) is 1. The molecule has 0 aromatic heterocycles. The molecule has 0 heterocycles. The third-order valence-electron chi connectivity index (χ3n) is 3.08. The topological polar surface area (TPSA) is 63.7 Å². The summed E-state index contributed by atoms with van der Waals surface area (Å²) < 4.78 is 5.22. The molecule has 0 N–H and O–H groups in total. The summed E-state index contributed by atoms with van der Waals surface area (Å²) >= 11 is 0. The Morgan fingerprint density at radius 2 is 1.91 bits per heavy atom. The molecule has 22 heavy (non-hydrogen) atoms. The molecule has 0 aliphatic carbocycles. The van der Waals surface area contributed by atoms with E-state index in [-0.39, 0.29) is 25.4 Å². The molecule has 1 aromatic rings. The van der Waals surface area contributed by atoms with E-state index in [1.165, 1.54) is 17.9 Å². The summed E-state index contributed by atoms with van der Waals surface area (Å²) in [6.45, 7) is 6.81. The van der Waals surface area contributed by atoms with Crippen molar-refractivity contribution in [3.05, 3.63) is 48.6 Å². The molecular weight excluding hydrogens is 282 g/mol. The molecule has 1 rings (SSSR count). The van der Waals surface area contributed by atoms with E-state index >= 15 is 0 Å². The number of nitrogens with zero attached hydrogens (tertiary/aromatic N) is 1. The van der Waals surface area contributed by atoms with Gasteiger partial charge in [0.1, 0.15) is 18.4 Å². The molecule has 1 amide bonds. The van der Waals surface area contributed by atoms with E-state index in [0.717, 1.165) is 5.56 Å². The molecule has 118 valence electrons. The van der Waals surface area contributed by atoms with Crippen LogP contribution in [0.1, 0.15) is 25.8 Å². The van der Waals surface area contributed by atoms with Crippen molar-refractivity contribution in [2.45, 2.75) is 32.9 Å². The van der Waals surface area contributed by atoms with Gasteiger partial charge in [0.25, 0.3) is 0 Å². The van der Waals surface area contributed by atoms with E-state index in [2.05, 4.69) is 6.58 Å². The first-order valence-corrected chi connectivity index (χ1v) is 7.06. The fourth-order valence-electron chi connectivity index (χ4n) is 1.91. The summed E-state index contributed by atoms with van der Waals surface area (Å²) in [6.07, 6.45) is 1.28. The van der Waals surface area contributed by atoms with Gasteiger partial charge in [-0.25, -0.2) is 4.79 Å². The van der Waals surface area contributed by atoms with E-state index in [1.54, 1.807) is 6.92 Å². The van der Waals surface area contributed by atoms with Crippen molar-refractivity contribution in [1.29, 1.82) is 0 Å². The van der Waals surface area contributed by atoms with Gasteiger partial charge in [0.2, 0.25) is 5.91 Å². The average Bonchev–Trinajstić information content (AvgIpc) is 2.49. The van der Waals surface area contributed by atoms with Crippen molar-refractivity contribution in [3.63, 3.8) is 0 Å². The summed E-state index contributed by atoms with van der Waals surface area (Å²) in [5.41, 5.74) is 0.869. The number of hydrogen-bond donors (Lipinski definition) is 0. The first kappa shape index (κ1) is 17.6. The van der Waals surface area contributed by atoms with Gasteiger partial charge in [-0.05, 0) is 19.4 Å². The highest BCUT2D eigenvalue weighted by Crippen LogP contribution is 2.08. The normalized spacial score (nSPS) is 11.4. The Labute approximate surface area is 130 Å². The van der Waals surface area contributed by atoms with Gasteiger partial charge in [-0.15, -0.1) is 6.58 Å². The van der Waals surface area contributed by atoms with Crippen LogP contribution in [0.4, 0.5) is 0 Å². The third kappa shape index (κ3) is 5.52. The predicted octanol–water partition coefficient (Wildman–Crippen LogP) is 2.11. The summed E-state index contributed by atoms with van der Waals surface area (Å²) in [7, 11) is 0. The first-order chi connectivity index (χ1) is 10.5. The van der Waals surface area contributed by atoms with Gasteiger partial charge in [0, 0.05) is 6.54 Å². The maximum Gasteiger partial charge on any atom is 0.328 e. The second kappa shape index (κ2) is 8.77. The standard InChI is InChI=1S/C17H21NO4/c1-4-10-18(16(20)11-13(2)19)14(3)17(21)22-12-15-8-6-5-7-9-15/h4-9,14H,1,10-12H2,2-3H3/t14-/m0/s1. The van der Waals surface area contributed by atoms with Crippen LogP contribution in [0.3, 0.4) is 0 Å². The minimum atomic E-state index is -0.770. The molecule has 0 saturated carbocycles. The van der Waals surface area contributed by atoms with Gasteiger partial charge in [0.05, 0.1) is 6.42 Å². The highest BCUT2D eigenvalue weighted by atomic mass is 16.5. The summed E-state index contributed by atoms with van der Waals surface area (Å²) in [5, 5.41) is 0. The van der Waals surface area contributed by atoms with Gasteiger partial charge >= 0.3 is 5.97 Å². The second-order valence-corrected chi connectivity index (χ2v) is 4.98. The maximum atomic E-state index is 12.1. The molecule has 5 nitrogen and oxygen atoms in total. The summed E-state index contributed by atoms with van der Waals surface area (Å²) in [6, 6.07) is 8.51. The number of amides is 1. The van der Waals surface area contributed by atoms with Crippen LogP contribution in [-0.2, 0) is 25.7 Å². The fourth-order valence-corrected chi connectivity index (χ4v) is 1.91. The molecule has 0 aliphatic rings. The van der Waals surface area contributed by atoms with Crippen molar-refractivity contribution in [2.75, 3.05) is 6.54 Å². The highest BCUT2D eigenvalue weighted by Gasteiger charge is 2.26. The van der Waals surface area contributed by atoms with Gasteiger partial charge < -0.3 is 9.64 Å². The van der Waals surface area contributed by atoms with Crippen LogP contribution in [0.2, 0.25) is 0 Å². The number of carbonyl (C=O) groups is 3. The van der Waals surface area contributed by atoms with Gasteiger partial charge in [-0.2, -0.15) is 0 Å². The monoisotopic (exact) mass is 303 g/mol. The predicted molar refractivity (Wildman–Crippen MR) is 82.9 cm³/mol. The zero-order valence-corrected chi connectivity index (χ0v) is 13.0. The number of benzene rings is 1. The lowest BCUT2D eigenvalue weighted by molar-refractivity contribution is -0.155. The van der Waals surface area contributed by atoms with Crippen LogP contribution in [0, 0.1) is 0 Å². The first-order valence-electron chi connectivity index (χ1n) is 7.06. The quantitative estimate of drug-likeness (QED) is 0.419. The molecule has 0 unspecified atom stereocenters. The Bertz CT molecular complexity index is 539. The minimum Gasteiger partial charge on any atom is -0.459 e. The number of hydrogen-bond acceptors (Lipinski definition) is 4. The van der Waals surface area contributed by atoms with Crippen molar-refractivity contribution in [2.24, 2.45) is 0 Å². The summed E-state index contributed by atoms with van der Waals surface area (Å²) in [5.74, 6) is -1.16. The second-order valence-electron chi connectivity index (χ2n) is 4.98. The van der Waals surface area contributed by atoms with Crippen LogP contribution in [0.15, 0.2) is 43.0 Å². The molecule has 0 aliphatic heterocycles. The third-order valence-corrected chi connectivity index (χ3v) is 3.08. The van der Waals surface area contributed by atoms with E-state index in [4.69, 9.17) is 4.74 Å². The number of Topliss-reactive ketones (excluding diaryl/α,β-unsaturated/α-hetero) is 1. The molecule has 0 radical (unpaired) electrons. The lowest BCUT2D eigenvalue weighted by atomic mass is 10.2. The van der Waals surface area contributed by atoms with Crippen LogP contribution in [0.5, 0.6) is 0 Å². The largest absolute Gasteiger partial charge is 0.459 e. The molecule has 5 heteroatoms. The Morgan fingerprint density at radius 1 is 1.27 bits per heavy atom. The molecule has 1 atom stereocenters. The molecule has 0 bridgehead atoms. The molecular formula is C17H21NO4. The molecule has 1 aromatic carbocycles. The number of carbonyl (C=O) groups excluding carboxylic acids is 3. The Balaban J connectivity index is 2.65. The van der Waals surface area contributed by atoms with Crippen LogP contribution in [0.25, 0.3) is 0 Å². The van der Waals surface area contributed by atoms with Gasteiger partial charge in [-0.1, -0.05) is 36.4 Å². The van der Waals surface area contributed by atoms with Gasteiger partial charge in [0.15, 0.2) is 0 Å². The van der Waals surface area contributed by atoms with Crippen molar-refractivity contribution < 1.29 is 19.1 Å². The Kier molecular flexibility index (Phi) is 7.02. The SMILES string of the molecule is C=CCN(C(=O)CC(C)=O)[C@@H](C)C(=O)OCc1ccccc1. The van der Waals surface area contributed by atoms with Crippen LogP contribution < -0.4 is 0 Å². The van der Waals surface area contributed by atoms with E-state index in [1.807, 2.05) is 30.3 Å². The molecule has 0 fully saturated rings. The van der Waals surface area contributed by atoms with E-state index in [0.29, 0.717) is 0 Å². The Hall–Kier alpha value is -2.43. The highest BCUT2D eigenvalue weighted by molar-refractivity contribution is 5.98. The number of ketones is 1. The zero-order chi connectivity index (χ0) is 16.5. The van der Waals surface area contributed by atoms with Crippen molar-refractivity contribution in [1.82, 2.24) is 4.90 Å². The summed E-state index contributed by atoms with van der Waals surface area (Å²) in [4.78, 5) is 36.5. The van der Waals surface area contributed by atoms with Crippen LogP contribution in [-0.4, -0.2) is 35.1 Å². The lowest BCUT2D eigenvalue weighted by Crippen LogP contribution is -2.44. The van der Waals surface area contributed by atoms with Crippen molar-refractivity contribution >= 4 is 17.7 Å². The smallest absolute Gasteiger partial charge is 0.328 e. The van der Waals surface area contributed by atoms with Crippen molar-refractivity contribution in [3.8, 4) is 0 Å². The zero-order valence-electron chi connectivity index (χ0n) is 13.0. The molecule has 0 spiro atoms. The number of rotatable bonds is 8. The molecule has 0 saturated heterocycles. The van der Waals surface area contributed by atoms with Gasteiger partial charge in [-0.3, -0.25) is 9.59 Å². The lowest BCUT2D eigenvalue weighted by Gasteiger charge is -2.26. The van der Waals surface area contributed by atoms with Crippen LogP contribution >= 0.6 is 0 Å². The maximum absolute atomic E-state index is 12.1. The van der Waals surface area contributed by atoms with E-state index < -0.39 is 17.9 Å². The van der Waals surface area contributed by atoms with E-state index in [9.17, 15) is 14.4 Å². The number of esters is 1.